The number of hydrogen-bond donors (Lipinski definition) is 2. The van der Waals surface area contributed by atoms with Crippen molar-refractivity contribution in [3.05, 3.63) is 17.7 Å². The molecule has 2 N–H and O–H groups in total. The number of rotatable bonds is 3. The topological polar surface area (TPSA) is 50.7 Å². The molecule has 1 aliphatic rings. The monoisotopic (exact) mass is 237 g/mol. The maximum Gasteiger partial charge on any atom is 0.131 e. The van der Waals surface area contributed by atoms with Crippen LogP contribution in [0.4, 0.5) is 0 Å². The first-order valence-corrected chi connectivity index (χ1v) is 5.94. The highest BCUT2D eigenvalue weighted by Crippen LogP contribution is 2.40. The highest BCUT2D eigenvalue weighted by Gasteiger charge is 2.23. The summed E-state index contributed by atoms with van der Waals surface area (Å²) in [6.45, 7) is 1.01. The third kappa shape index (κ3) is 2.47. The van der Waals surface area contributed by atoms with Crippen LogP contribution in [-0.4, -0.2) is 25.9 Å². The van der Waals surface area contributed by atoms with Gasteiger partial charge in [-0.05, 0) is 19.4 Å². The van der Waals surface area contributed by atoms with Crippen LogP contribution in [0, 0.1) is 0 Å². The summed E-state index contributed by atoms with van der Waals surface area (Å²) < 4.78 is 10.7. The molecule has 17 heavy (non-hydrogen) atoms. The Morgan fingerprint density at radius 3 is 2.29 bits per heavy atom. The molecule has 4 heteroatoms. The Morgan fingerprint density at radius 2 is 1.82 bits per heavy atom. The lowest BCUT2D eigenvalue weighted by Crippen LogP contribution is -2.27. The first-order valence-electron chi connectivity index (χ1n) is 5.94. The van der Waals surface area contributed by atoms with E-state index >= 15 is 0 Å². The predicted molar refractivity (Wildman–Crippen MR) is 65.8 cm³/mol. The number of aromatic hydroxyl groups is 1. The summed E-state index contributed by atoms with van der Waals surface area (Å²) in [4.78, 5) is 0. The quantitative estimate of drug-likeness (QED) is 0.846. The SMILES string of the molecule is COc1cc(O)cc(OC)c1[C@H]1CCCCN1. The van der Waals surface area contributed by atoms with Crippen LogP contribution in [0.2, 0.25) is 0 Å². The molecule has 1 fully saturated rings. The zero-order valence-electron chi connectivity index (χ0n) is 10.3. The number of hydrogen-bond acceptors (Lipinski definition) is 4. The second kappa shape index (κ2) is 5.27. The van der Waals surface area contributed by atoms with E-state index in [2.05, 4.69) is 5.32 Å². The van der Waals surface area contributed by atoms with Crippen LogP contribution in [0.5, 0.6) is 17.2 Å². The fraction of sp³-hybridized carbons (Fsp3) is 0.538. The fourth-order valence-electron chi connectivity index (χ4n) is 2.37. The van der Waals surface area contributed by atoms with Gasteiger partial charge >= 0.3 is 0 Å². The van der Waals surface area contributed by atoms with Gasteiger partial charge < -0.3 is 19.9 Å². The lowest BCUT2D eigenvalue weighted by atomic mass is 9.95. The maximum atomic E-state index is 9.60. The molecular formula is C13H19NO3. The molecule has 0 amide bonds. The van der Waals surface area contributed by atoms with E-state index < -0.39 is 0 Å². The largest absolute Gasteiger partial charge is 0.508 e. The van der Waals surface area contributed by atoms with Crippen molar-refractivity contribution in [2.45, 2.75) is 25.3 Å². The molecule has 0 spiro atoms. The number of phenolic OH excluding ortho intramolecular Hbond substituents is 1. The van der Waals surface area contributed by atoms with Crippen molar-refractivity contribution in [2.75, 3.05) is 20.8 Å². The van der Waals surface area contributed by atoms with Gasteiger partial charge in [0.15, 0.2) is 0 Å². The van der Waals surface area contributed by atoms with Gasteiger partial charge in [0.1, 0.15) is 17.2 Å². The van der Waals surface area contributed by atoms with Crippen LogP contribution in [0.25, 0.3) is 0 Å². The van der Waals surface area contributed by atoms with Crippen LogP contribution in [0.15, 0.2) is 12.1 Å². The van der Waals surface area contributed by atoms with Crippen molar-refractivity contribution in [2.24, 2.45) is 0 Å². The van der Waals surface area contributed by atoms with Crippen molar-refractivity contribution < 1.29 is 14.6 Å². The van der Waals surface area contributed by atoms with Crippen molar-refractivity contribution in [3.8, 4) is 17.2 Å². The van der Waals surface area contributed by atoms with E-state index in [1.54, 1.807) is 26.4 Å². The molecule has 0 aromatic heterocycles. The molecule has 0 unspecified atom stereocenters. The van der Waals surface area contributed by atoms with Crippen molar-refractivity contribution in [1.82, 2.24) is 5.32 Å². The van der Waals surface area contributed by atoms with E-state index in [0.29, 0.717) is 11.5 Å². The number of benzene rings is 1. The van der Waals surface area contributed by atoms with Crippen LogP contribution in [0.3, 0.4) is 0 Å². The Hall–Kier alpha value is -1.42. The van der Waals surface area contributed by atoms with E-state index in [1.807, 2.05) is 0 Å². The van der Waals surface area contributed by atoms with E-state index in [0.717, 1.165) is 18.5 Å². The summed E-state index contributed by atoms with van der Waals surface area (Å²) in [6, 6.07) is 3.51. The molecule has 2 rings (SSSR count). The summed E-state index contributed by atoms with van der Waals surface area (Å²) in [5.74, 6) is 1.53. The number of piperidine rings is 1. The standard InChI is InChI=1S/C13H19NO3/c1-16-11-7-9(15)8-12(17-2)13(11)10-5-3-4-6-14-10/h7-8,10,14-15H,3-6H2,1-2H3/t10-/m1/s1. The minimum absolute atomic E-state index is 0.165. The molecule has 1 heterocycles. The van der Waals surface area contributed by atoms with E-state index in [1.165, 1.54) is 12.8 Å². The normalized spacial score (nSPS) is 20.0. The lowest BCUT2D eigenvalue weighted by Gasteiger charge is -2.27. The zero-order valence-corrected chi connectivity index (χ0v) is 10.3. The van der Waals surface area contributed by atoms with Gasteiger partial charge in [-0.2, -0.15) is 0 Å². The Balaban J connectivity index is 2.41. The van der Waals surface area contributed by atoms with Crippen LogP contribution < -0.4 is 14.8 Å². The molecule has 4 nitrogen and oxygen atoms in total. The molecule has 1 aromatic rings. The maximum absolute atomic E-state index is 9.60. The summed E-state index contributed by atoms with van der Waals surface area (Å²) in [5, 5.41) is 13.1. The molecule has 1 aliphatic heterocycles. The van der Waals surface area contributed by atoms with Crippen molar-refractivity contribution >= 4 is 0 Å². The Bertz CT molecular complexity index is 361. The fourth-order valence-corrected chi connectivity index (χ4v) is 2.37. The van der Waals surface area contributed by atoms with Gasteiger partial charge in [-0.3, -0.25) is 0 Å². The van der Waals surface area contributed by atoms with Gasteiger partial charge in [-0.1, -0.05) is 6.42 Å². The minimum atomic E-state index is 0.165. The molecule has 1 aromatic carbocycles. The summed E-state index contributed by atoms with van der Waals surface area (Å²) in [7, 11) is 3.22. The molecule has 94 valence electrons. The summed E-state index contributed by atoms with van der Waals surface area (Å²) in [6.07, 6.45) is 3.47. The molecule has 1 saturated heterocycles. The van der Waals surface area contributed by atoms with Gasteiger partial charge in [0.25, 0.3) is 0 Å². The number of ether oxygens (including phenoxy) is 2. The molecular weight excluding hydrogens is 218 g/mol. The Kier molecular flexibility index (Phi) is 3.74. The van der Waals surface area contributed by atoms with Gasteiger partial charge in [0.05, 0.1) is 19.8 Å². The Labute approximate surface area is 102 Å². The van der Waals surface area contributed by atoms with Crippen molar-refractivity contribution in [1.29, 1.82) is 0 Å². The third-order valence-corrected chi connectivity index (χ3v) is 3.19. The average Bonchev–Trinajstić information content (AvgIpc) is 2.38. The highest BCUT2D eigenvalue weighted by molar-refractivity contribution is 5.52. The minimum Gasteiger partial charge on any atom is -0.508 e. The highest BCUT2D eigenvalue weighted by atomic mass is 16.5. The second-order valence-electron chi connectivity index (χ2n) is 4.27. The third-order valence-electron chi connectivity index (χ3n) is 3.19. The predicted octanol–water partition coefficient (Wildman–Crippen LogP) is 2.22. The zero-order chi connectivity index (χ0) is 12.3. The summed E-state index contributed by atoms with van der Waals surface area (Å²) in [5.41, 5.74) is 1.01. The van der Waals surface area contributed by atoms with Gasteiger partial charge in [-0.15, -0.1) is 0 Å². The van der Waals surface area contributed by atoms with Gasteiger partial charge in [-0.25, -0.2) is 0 Å². The first-order chi connectivity index (χ1) is 8.26. The van der Waals surface area contributed by atoms with Crippen LogP contribution >= 0.6 is 0 Å². The van der Waals surface area contributed by atoms with E-state index in [-0.39, 0.29) is 11.8 Å². The van der Waals surface area contributed by atoms with Crippen LogP contribution in [-0.2, 0) is 0 Å². The molecule has 0 bridgehead atoms. The number of methoxy groups -OCH3 is 2. The average molecular weight is 237 g/mol. The van der Waals surface area contributed by atoms with E-state index in [4.69, 9.17) is 9.47 Å². The van der Waals surface area contributed by atoms with Gasteiger partial charge in [0.2, 0.25) is 0 Å². The Morgan fingerprint density at radius 1 is 1.18 bits per heavy atom. The lowest BCUT2D eigenvalue weighted by molar-refractivity contribution is 0.343. The molecule has 0 aliphatic carbocycles. The summed E-state index contributed by atoms with van der Waals surface area (Å²) >= 11 is 0. The first kappa shape index (κ1) is 12.0. The molecule has 0 radical (unpaired) electrons. The smallest absolute Gasteiger partial charge is 0.131 e. The number of phenols is 1. The molecule has 1 atom stereocenters. The van der Waals surface area contributed by atoms with Crippen LogP contribution in [0.1, 0.15) is 30.9 Å². The van der Waals surface area contributed by atoms with Gasteiger partial charge in [0, 0.05) is 18.2 Å². The van der Waals surface area contributed by atoms with E-state index in [9.17, 15) is 5.11 Å². The molecule has 0 saturated carbocycles. The van der Waals surface area contributed by atoms with Crippen molar-refractivity contribution in [3.63, 3.8) is 0 Å². The number of nitrogens with one attached hydrogen (secondary N) is 1. The second-order valence-corrected chi connectivity index (χ2v) is 4.27.